The molecule has 1 N–H and O–H groups in total. The van der Waals surface area contributed by atoms with Crippen LogP contribution in [-0.2, 0) is 0 Å². The molecule has 0 heterocycles. The van der Waals surface area contributed by atoms with E-state index in [9.17, 15) is 0 Å². The number of hydrogen-bond acceptors (Lipinski definition) is 2. The molecule has 0 aliphatic rings. The van der Waals surface area contributed by atoms with Crippen molar-refractivity contribution < 1.29 is 5.11 Å². The Kier molecular flexibility index (Phi) is 5.92. The van der Waals surface area contributed by atoms with Crippen LogP contribution < -0.4 is 0 Å². The van der Waals surface area contributed by atoms with E-state index in [1.54, 1.807) is 12.1 Å². The number of rotatable bonds is 4. The second kappa shape index (κ2) is 6.45. The summed E-state index contributed by atoms with van der Waals surface area (Å²) in [5.41, 5.74) is 2.36. The Labute approximate surface area is 80.2 Å². The molecule has 0 aromatic rings. The van der Waals surface area contributed by atoms with E-state index in [-0.39, 0.29) is 0 Å². The molecule has 13 heavy (non-hydrogen) atoms. The fourth-order valence-electron chi connectivity index (χ4n) is 0.979. The van der Waals surface area contributed by atoms with Crippen molar-refractivity contribution in [2.24, 2.45) is 0 Å². The fraction of sp³-hybridized carbons (Fsp3) is 0.545. The molecule has 2 nitrogen and oxygen atoms in total. The SMILES string of the molecule is CC(C)=CCC/C(C)=C/C(O)C#N. The third-order valence-electron chi connectivity index (χ3n) is 1.67. The largest absolute Gasteiger partial charge is 0.374 e. The summed E-state index contributed by atoms with van der Waals surface area (Å²) in [5.74, 6) is 0. The molecule has 0 aliphatic carbocycles. The second-order valence-electron chi connectivity index (χ2n) is 3.41. The van der Waals surface area contributed by atoms with Crippen LogP contribution in [0.4, 0.5) is 0 Å². The molecule has 0 bridgehead atoms. The molecule has 0 saturated heterocycles. The molecule has 0 radical (unpaired) electrons. The van der Waals surface area contributed by atoms with Gasteiger partial charge in [-0.05, 0) is 39.7 Å². The summed E-state index contributed by atoms with van der Waals surface area (Å²) in [4.78, 5) is 0. The monoisotopic (exact) mass is 179 g/mol. The highest BCUT2D eigenvalue weighted by molar-refractivity contribution is 5.09. The molecule has 1 atom stereocenters. The van der Waals surface area contributed by atoms with Crippen molar-refractivity contribution in [3.05, 3.63) is 23.3 Å². The Hall–Kier alpha value is -1.07. The maximum absolute atomic E-state index is 8.98. The summed E-state index contributed by atoms with van der Waals surface area (Å²) in [6.07, 6.45) is 4.67. The van der Waals surface area contributed by atoms with Crippen molar-refractivity contribution in [2.45, 2.75) is 39.7 Å². The summed E-state index contributed by atoms with van der Waals surface area (Å²) in [7, 11) is 0. The number of nitriles is 1. The Bertz CT molecular complexity index is 241. The molecule has 2 heteroatoms. The predicted octanol–water partition coefficient (Wildman–Crippen LogP) is 2.56. The van der Waals surface area contributed by atoms with Gasteiger partial charge in [0.15, 0.2) is 6.10 Å². The number of aliphatic hydroxyl groups excluding tert-OH is 1. The first-order chi connectivity index (χ1) is 6.06. The van der Waals surface area contributed by atoms with Crippen LogP contribution in [0, 0.1) is 11.3 Å². The van der Waals surface area contributed by atoms with Gasteiger partial charge in [-0.25, -0.2) is 0 Å². The predicted molar refractivity (Wildman–Crippen MR) is 54.0 cm³/mol. The lowest BCUT2D eigenvalue weighted by Gasteiger charge is -1.99. The van der Waals surface area contributed by atoms with Crippen molar-refractivity contribution in [3.63, 3.8) is 0 Å². The topological polar surface area (TPSA) is 44.0 Å². The number of hydrogen-bond donors (Lipinski definition) is 1. The summed E-state index contributed by atoms with van der Waals surface area (Å²) in [6, 6.07) is 1.76. The summed E-state index contributed by atoms with van der Waals surface area (Å²) in [5, 5.41) is 17.3. The normalized spacial score (nSPS) is 13.3. The molecule has 0 fully saturated rings. The zero-order chi connectivity index (χ0) is 10.3. The second-order valence-corrected chi connectivity index (χ2v) is 3.41. The Balaban J connectivity index is 3.88. The molecule has 1 unspecified atom stereocenters. The van der Waals surface area contributed by atoms with Crippen LogP contribution in [-0.4, -0.2) is 11.2 Å². The highest BCUT2D eigenvalue weighted by Crippen LogP contribution is 2.07. The van der Waals surface area contributed by atoms with E-state index in [2.05, 4.69) is 19.9 Å². The number of aliphatic hydroxyl groups is 1. The van der Waals surface area contributed by atoms with Gasteiger partial charge in [0, 0.05) is 0 Å². The quantitative estimate of drug-likeness (QED) is 0.532. The van der Waals surface area contributed by atoms with Gasteiger partial charge in [-0.1, -0.05) is 17.2 Å². The molecular weight excluding hydrogens is 162 g/mol. The molecule has 0 spiro atoms. The van der Waals surface area contributed by atoms with Crippen molar-refractivity contribution in [1.29, 1.82) is 5.26 Å². The van der Waals surface area contributed by atoms with Gasteiger partial charge in [0.05, 0.1) is 6.07 Å². The van der Waals surface area contributed by atoms with E-state index in [1.807, 2.05) is 6.92 Å². The molecular formula is C11H17NO. The Morgan fingerprint density at radius 3 is 2.54 bits per heavy atom. The van der Waals surface area contributed by atoms with Crippen LogP contribution in [0.2, 0.25) is 0 Å². The van der Waals surface area contributed by atoms with Crippen LogP contribution >= 0.6 is 0 Å². The van der Waals surface area contributed by atoms with Gasteiger partial charge in [-0.2, -0.15) is 5.26 Å². The van der Waals surface area contributed by atoms with Crippen LogP contribution in [0.5, 0.6) is 0 Å². The fourth-order valence-corrected chi connectivity index (χ4v) is 0.979. The third-order valence-corrected chi connectivity index (χ3v) is 1.67. The van der Waals surface area contributed by atoms with E-state index < -0.39 is 6.10 Å². The molecule has 0 saturated carbocycles. The highest BCUT2D eigenvalue weighted by atomic mass is 16.3. The summed E-state index contributed by atoms with van der Waals surface area (Å²) in [6.45, 7) is 6.05. The van der Waals surface area contributed by atoms with E-state index in [1.165, 1.54) is 5.57 Å². The van der Waals surface area contributed by atoms with Gasteiger partial charge >= 0.3 is 0 Å². The van der Waals surface area contributed by atoms with Gasteiger partial charge in [0.1, 0.15) is 0 Å². The zero-order valence-electron chi connectivity index (χ0n) is 8.54. The minimum absolute atomic E-state index is 0.907. The molecule has 0 amide bonds. The van der Waals surface area contributed by atoms with Gasteiger partial charge in [0.2, 0.25) is 0 Å². The standard InChI is InChI=1S/C11H17NO/c1-9(2)5-4-6-10(3)7-11(13)8-12/h5,7,11,13H,4,6H2,1-3H3/b10-7+. The van der Waals surface area contributed by atoms with Crippen molar-refractivity contribution >= 4 is 0 Å². The Morgan fingerprint density at radius 2 is 2.08 bits per heavy atom. The average Bonchev–Trinajstić information content (AvgIpc) is 2.03. The molecule has 0 aliphatic heterocycles. The first-order valence-electron chi connectivity index (χ1n) is 4.44. The maximum Gasteiger partial charge on any atom is 0.159 e. The maximum atomic E-state index is 8.98. The smallest absolute Gasteiger partial charge is 0.159 e. The third kappa shape index (κ3) is 7.30. The van der Waals surface area contributed by atoms with Crippen LogP contribution in [0.1, 0.15) is 33.6 Å². The molecule has 0 rings (SSSR count). The zero-order valence-corrected chi connectivity index (χ0v) is 8.54. The van der Waals surface area contributed by atoms with Gasteiger partial charge in [-0.15, -0.1) is 0 Å². The van der Waals surface area contributed by atoms with Gasteiger partial charge in [-0.3, -0.25) is 0 Å². The first kappa shape index (κ1) is 11.9. The highest BCUT2D eigenvalue weighted by Gasteiger charge is 1.96. The van der Waals surface area contributed by atoms with Crippen LogP contribution in [0.15, 0.2) is 23.3 Å². The van der Waals surface area contributed by atoms with Crippen molar-refractivity contribution in [1.82, 2.24) is 0 Å². The minimum Gasteiger partial charge on any atom is -0.374 e. The summed E-state index contributed by atoms with van der Waals surface area (Å²) >= 11 is 0. The Morgan fingerprint density at radius 1 is 1.46 bits per heavy atom. The summed E-state index contributed by atoms with van der Waals surface area (Å²) < 4.78 is 0. The minimum atomic E-state index is -0.952. The average molecular weight is 179 g/mol. The van der Waals surface area contributed by atoms with E-state index in [0.717, 1.165) is 18.4 Å². The van der Waals surface area contributed by atoms with Crippen molar-refractivity contribution in [3.8, 4) is 6.07 Å². The lowest BCUT2D eigenvalue weighted by Crippen LogP contribution is -1.97. The lowest BCUT2D eigenvalue weighted by molar-refractivity contribution is 0.277. The van der Waals surface area contributed by atoms with Crippen LogP contribution in [0.25, 0.3) is 0 Å². The first-order valence-corrected chi connectivity index (χ1v) is 4.44. The van der Waals surface area contributed by atoms with E-state index in [0.29, 0.717) is 0 Å². The van der Waals surface area contributed by atoms with E-state index >= 15 is 0 Å². The van der Waals surface area contributed by atoms with Crippen molar-refractivity contribution in [2.75, 3.05) is 0 Å². The molecule has 0 aromatic carbocycles. The van der Waals surface area contributed by atoms with Gasteiger partial charge < -0.3 is 5.11 Å². The lowest BCUT2D eigenvalue weighted by atomic mass is 10.1. The molecule has 72 valence electrons. The van der Waals surface area contributed by atoms with E-state index in [4.69, 9.17) is 10.4 Å². The molecule has 0 aromatic heterocycles. The number of nitrogens with zero attached hydrogens (tertiary/aromatic N) is 1. The number of allylic oxidation sites excluding steroid dienone is 3. The van der Waals surface area contributed by atoms with Gasteiger partial charge in [0.25, 0.3) is 0 Å². The van der Waals surface area contributed by atoms with Crippen LogP contribution in [0.3, 0.4) is 0 Å².